The Kier molecular flexibility index (Phi) is 10.8. The molecule has 1 N–H and O–H groups in total. The molecular formula is C35H38ClN3O4S. The van der Waals surface area contributed by atoms with Crippen molar-refractivity contribution < 1.29 is 18.0 Å². The molecule has 0 spiro atoms. The number of anilines is 1. The summed E-state index contributed by atoms with van der Waals surface area (Å²) in [6.45, 7) is 7.24. The molecule has 230 valence electrons. The van der Waals surface area contributed by atoms with Gasteiger partial charge in [0.25, 0.3) is 10.0 Å². The molecule has 0 saturated carbocycles. The molecule has 0 aliphatic carbocycles. The standard InChI is InChI=1S/C35H38ClN3O4S/c1-5-37-35(41)33(22-28-11-7-6-8-12-28)38(23-29-13-9-10-14-31(29)36)34(40)24-39(32-21-26(3)15-18-27(32)4)44(42,43)30-19-16-25(2)17-20-30/h6-21,33H,5,22-24H2,1-4H3,(H,37,41). The second kappa shape index (κ2) is 14.6. The second-order valence-electron chi connectivity index (χ2n) is 10.8. The van der Waals surface area contributed by atoms with Crippen molar-refractivity contribution in [2.45, 2.75) is 51.6 Å². The van der Waals surface area contributed by atoms with Gasteiger partial charge in [0.1, 0.15) is 12.6 Å². The summed E-state index contributed by atoms with van der Waals surface area (Å²) in [7, 11) is -4.18. The Bertz CT molecular complexity index is 1710. The zero-order chi connectivity index (χ0) is 31.9. The SMILES string of the molecule is CCNC(=O)C(Cc1ccccc1)N(Cc1ccccc1Cl)C(=O)CN(c1cc(C)ccc1C)S(=O)(=O)c1ccc(C)cc1. The minimum atomic E-state index is -4.18. The smallest absolute Gasteiger partial charge is 0.264 e. The van der Waals surface area contributed by atoms with Crippen LogP contribution in [-0.4, -0.2) is 44.3 Å². The summed E-state index contributed by atoms with van der Waals surface area (Å²) in [5, 5.41) is 3.31. The quantitative estimate of drug-likeness (QED) is 0.201. The molecule has 0 radical (unpaired) electrons. The minimum Gasteiger partial charge on any atom is -0.355 e. The second-order valence-corrected chi connectivity index (χ2v) is 13.1. The molecule has 9 heteroatoms. The summed E-state index contributed by atoms with van der Waals surface area (Å²) < 4.78 is 29.6. The summed E-state index contributed by atoms with van der Waals surface area (Å²) in [4.78, 5) is 29.6. The van der Waals surface area contributed by atoms with Gasteiger partial charge in [-0.2, -0.15) is 0 Å². The van der Waals surface area contributed by atoms with Crippen molar-refractivity contribution in [2.24, 2.45) is 0 Å². The van der Waals surface area contributed by atoms with Crippen LogP contribution < -0.4 is 9.62 Å². The number of carbonyl (C=O) groups is 2. The summed E-state index contributed by atoms with van der Waals surface area (Å²) in [6.07, 6.45) is 0.233. The van der Waals surface area contributed by atoms with E-state index in [0.717, 1.165) is 21.0 Å². The van der Waals surface area contributed by atoms with Gasteiger partial charge in [0.2, 0.25) is 11.8 Å². The molecule has 0 aliphatic rings. The van der Waals surface area contributed by atoms with Crippen LogP contribution in [0.4, 0.5) is 5.69 Å². The first-order valence-corrected chi connectivity index (χ1v) is 16.3. The van der Waals surface area contributed by atoms with Gasteiger partial charge in [-0.1, -0.05) is 90.0 Å². The highest BCUT2D eigenvalue weighted by molar-refractivity contribution is 7.92. The van der Waals surface area contributed by atoms with Crippen LogP contribution in [0.1, 0.15) is 34.7 Å². The first-order chi connectivity index (χ1) is 21.0. The molecular weight excluding hydrogens is 594 g/mol. The predicted molar refractivity (Wildman–Crippen MR) is 176 cm³/mol. The Morgan fingerprint density at radius 3 is 2.14 bits per heavy atom. The summed E-state index contributed by atoms with van der Waals surface area (Å²) in [6, 6.07) is 27.7. The lowest BCUT2D eigenvalue weighted by molar-refractivity contribution is -0.140. The monoisotopic (exact) mass is 631 g/mol. The van der Waals surface area contributed by atoms with E-state index in [9.17, 15) is 18.0 Å². The third kappa shape index (κ3) is 7.87. The zero-order valence-electron chi connectivity index (χ0n) is 25.5. The summed E-state index contributed by atoms with van der Waals surface area (Å²) in [5.74, 6) is -0.870. The van der Waals surface area contributed by atoms with Crippen molar-refractivity contribution in [3.63, 3.8) is 0 Å². The maximum atomic E-state index is 14.5. The van der Waals surface area contributed by atoms with Crippen molar-refractivity contribution >= 4 is 39.1 Å². The molecule has 1 unspecified atom stereocenters. The van der Waals surface area contributed by atoms with E-state index in [4.69, 9.17) is 11.6 Å². The van der Waals surface area contributed by atoms with Crippen LogP contribution in [-0.2, 0) is 32.6 Å². The number of likely N-dealkylation sites (N-methyl/N-ethyl adjacent to an activating group) is 1. The number of amides is 2. The fraction of sp³-hybridized carbons (Fsp3) is 0.257. The van der Waals surface area contributed by atoms with Gasteiger partial charge in [-0.15, -0.1) is 0 Å². The highest BCUT2D eigenvalue weighted by Gasteiger charge is 2.35. The third-order valence-corrected chi connectivity index (χ3v) is 9.58. The lowest BCUT2D eigenvalue weighted by atomic mass is 10.0. The molecule has 44 heavy (non-hydrogen) atoms. The van der Waals surface area contributed by atoms with E-state index in [1.807, 2.05) is 76.2 Å². The minimum absolute atomic E-state index is 0.0123. The van der Waals surface area contributed by atoms with Gasteiger partial charge in [-0.05, 0) is 74.2 Å². The van der Waals surface area contributed by atoms with Crippen LogP contribution in [0.25, 0.3) is 0 Å². The number of hydrogen-bond donors (Lipinski definition) is 1. The molecule has 4 aromatic rings. The molecule has 0 heterocycles. The number of sulfonamides is 1. The molecule has 4 aromatic carbocycles. The fourth-order valence-corrected chi connectivity index (χ4v) is 6.66. The Morgan fingerprint density at radius 1 is 0.841 bits per heavy atom. The van der Waals surface area contributed by atoms with Crippen molar-refractivity contribution in [2.75, 3.05) is 17.4 Å². The Hall–Kier alpha value is -4.14. The maximum Gasteiger partial charge on any atom is 0.264 e. The van der Waals surface area contributed by atoms with Gasteiger partial charge in [0.05, 0.1) is 10.6 Å². The highest BCUT2D eigenvalue weighted by atomic mass is 35.5. The molecule has 0 fully saturated rings. The normalized spacial score (nSPS) is 11.9. The van der Waals surface area contributed by atoms with Crippen molar-refractivity contribution in [3.8, 4) is 0 Å². The molecule has 0 aromatic heterocycles. The first kappa shape index (κ1) is 32.8. The number of nitrogens with zero attached hydrogens (tertiary/aromatic N) is 2. The average molecular weight is 632 g/mol. The number of nitrogens with one attached hydrogen (secondary N) is 1. The number of aryl methyl sites for hydroxylation is 3. The highest BCUT2D eigenvalue weighted by Crippen LogP contribution is 2.29. The van der Waals surface area contributed by atoms with Crippen LogP contribution in [0, 0.1) is 20.8 Å². The molecule has 0 aliphatic heterocycles. The van der Waals surface area contributed by atoms with Crippen LogP contribution >= 0.6 is 11.6 Å². The number of benzene rings is 4. The van der Waals surface area contributed by atoms with E-state index < -0.39 is 28.5 Å². The predicted octanol–water partition coefficient (Wildman–Crippen LogP) is 6.24. The number of hydrogen-bond acceptors (Lipinski definition) is 4. The van der Waals surface area contributed by atoms with Gasteiger partial charge in [-0.25, -0.2) is 8.42 Å². The van der Waals surface area contributed by atoms with E-state index in [1.165, 1.54) is 4.90 Å². The molecule has 7 nitrogen and oxygen atoms in total. The Balaban J connectivity index is 1.83. The molecule has 0 bridgehead atoms. The largest absolute Gasteiger partial charge is 0.355 e. The van der Waals surface area contributed by atoms with Gasteiger partial charge in [-0.3, -0.25) is 13.9 Å². The maximum absolute atomic E-state index is 14.5. The molecule has 1 atom stereocenters. The van der Waals surface area contributed by atoms with E-state index in [-0.39, 0.29) is 23.8 Å². The average Bonchev–Trinajstić information content (AvgIpc) is 3.00. The Morgan fingerprint density at radius 2 is 1.48 bits per heavy atom. The van der Waals surface area contributed by atoms with E-state index in [1.54, 1.807) is 48.5 Å². The Labute approximate surface area is 265 Å². The zero-order valence-corrected chi connectivity index (χ0v) is 27.0. The first-order valence-electron chi connectivity index (χ1n) is 14.5. The van der Waals surface area contributed by atoms with Crippen molar-refractivity contribution in [3.05, 3.63) is 130 Å². The molecule has 0 saturated heterocycles. The lowest BCUT2D eigenvalue weighted by Crippen LogP contribution is -2.53. The topological polar surface area (TPSA) is 86.8 Å². The van der Waals surface area contributed by atoms with Gasteiger partial charge in [0, 0.05) is 24.5 Å². The number of carbonyl (C=O) groups excluding carboxylic acids is 2. The fourth-order valence-electron chi connectivity index (χ4n) is 5.00. The summed E-state index contributed by atoms with van der Waals surface area (Å²) >= 11 is 6.54. The van der Waals surface area contributed by atoms with E-state index in [0.29, 0.717) is 28.4 Å². The van der Waals surface area contributed by atoms with Gasteiger partial charge >= 0.3 is 0 Å². The van der Waals surface area contributed by atoms with Crippen molar-refractivity contribution in [1.29, 1.82) is 0 Å². The lowest BCUT2D eigenvalue weighted by Gasteiger charge is -2.34. The van der Waals surface area contributed by atoms with E-state index >= 15 is 0 Å². The third-order valence-electron chi connectivity index (χ3n) is 7.44. The van der Waals surface area contributed by atoms with Gasteiger partial charge < -0.3 is 10.2 Å². The van der Waals surface area contributed by atoms with Crippen LogP contribution in [0.15, 0.2) is 102 Å². The van der Waals surface area contributed by atoms with Crippen LogP contribution in [0.2, 0.25) is 5.02 Å². The van der Waals surface area contributed by atoms with Crippen LogP contribution in [0.3, 0.4) is 0 Å². The molecule has 2 amide bonds. The van der Waals surface area contributed by atoms with Gasteiger partial charge in [0.15, 0.2) is 0 Å². The summed E-state index contributed by atoms with van der Waals surface area (Å²) in [5.41, 5.74) is 4.36. The molecule has 4 rings (SSSR count). The van der Waals surface area contributed by atoms with E-state index in [2.05, 4.69) is 5.32 Å². The van der Waals surface area contributed by atoms with Crippen molar-refractivity contribution in [1.82, 2.24) is 10.2 Å². The number of rotatable bonds is 12. The van der Waals surface area contributed by atoms with Crippen LogP contribution in [0.5, 0.6) is 0 Å². The number of halogens is 1.